The molecule has 2 amide bonds. The zero-order valence-electron chi connectivity index (χ0n) is 16.9. The highest BCUT2D eigenvalue weighted by Crippen LogP contribution is 2.21. The third-order valence-corrected chi connectivity index (χ3v) is 4.19. The van der Waals surface area contributed by atoms with Crippen molar-refractivity contribution in [1.29, 1.82) is 0 Å². The van der Waals surface area contributed by atoms with E-state index in [1.807, 2.05) is 6.92 Å². The predicted octanol–water partition coefficient (Wildman–Crippen LogP) is 3.65. The Labute approximate surface area is 170 Å². The summed E-state index contributed by atoms with van der Waals surface area (Å²) in [6.45, 7) is 4.46. The van der Waals surface area contributed by atoms with Crippen molar-refractivity contribution >= 4 is 23.5 Å². The number of hydrogen-bond acceptors (Lipinski definition) is 5. The number of hydrogen-bond donors (Lipinski definition) is 2. The van der Waals surface area contributed by atoms with Crippen LogP contribution < -0.4 is 15.4 Å². The van der Waals surface area contributed by atoms with E-state index in [2.05, 4.69) is 10.6 Å². The Bertz CT molecular complexity index is 862. The van der Waals surface area contributed by atoms with E-state index in [-0.39, 0.29) is 23.8 Å². The molecule has 0 bridgehead atoms. The molecule has 0 radical (unpaired) electrons. The van der Waals surface area contributed by atoms with Gasteiger partial charge >= 0.3 is 5.97 Å². The van der Waals surface area contributed by atoms with Crippen molar-refractivity contribution in [3.8, 4) is 5.75 Å². The van der Waals surface area contributed by atoms with E-state index in [1.165, 1.54) is 12.1 Å². The number of ether oxygens (including phenoxy) is 2. The van der Waals surface area contributed by atoms with Gasteiger partial charge in [0.15, 0.2) is 0 Å². The molecule has 0 saturated carbocycles. The van der Waals surface area contributed by atoms with Crippen molar-refractivity contribution in [2.75, 3.05) is 25.6 Å². The van der Waals surface area contributed by atoms with E-state index in [9.17, 15) is 14.4 Å². The summed E-state index contributed by atoms with van der Waals surface area (Å²) >= 11 is 0. The highest BCUT2D eigenvalue weighted by molar-refractivity contribution is 6.09. The SMILES string of the molecule is CCCCNC(=O)c1ccc(NC(=O)c2ccc(OC)cc2)c(C(=O)OCC)c1. The lowest BCUT2D eigenvalue weighted by Gasteiger charge is -2.13. The van der Waals surface area contributed by atoms with Crippen LogP contribution in [-0.4, -0.2) is 38.0 Å². The zero-order valence-corrected chi connectivity index (χ0v) is 16.9. The fourth-order valence-electron chi connectivity index (χ4n) is 2.59. The lowest BCUT2D eigenvalue weighted by atomic mass is 10.1. The number of carbonyl (C=O) groups is 3. The Kier molecular flexibility index (Phi) is 8.21. The summed E-state index contributed by atoms with van der Waals surface area (Å²) in [7, 11) is 1.54. The summed E-state index contributed by atoms with van der Waals surface area (Å²) in [6, 6.07) is 11.1. The number of carbonyl (C=O) groups excluding carboxylic acids is 3. The van der Waals surface area contributed by atoms with Gasteiger partial charge in [0, 0.05) is 17.7 Å². The highest BCUT2D eigenvalue weighted by Gasteiger charge is 2.18. The largest absolute Gasteiger partial charge is 0.497 e. The molecule has 2 rings (SSSR count). The molecule has 0 aliphatic carbocycles. The average Bonchev–Trinajstić information content (AvgIpc) is 2.74. The van der Waals surface area contributed by atoms with Gasteiger partial charge in [0.2, 0.25) is 0 Å². The summed E-state index contributed by atoms with van der Waals surface area (Å²) in [4.78, 5) is 37.2. The van der Waals surface area contributed by atoms with Gasteiger partial charge in [-0.15, -0.1) is 0 Å². The number of rotatable bonds is 9. The minimum absolute atomic E-state index is 0.122. The third-order valence-electron chi connectivity index (χ3n) is 4.19. The van der Waals surface area contributed by atoms with Crippen LogP contribution >= 0.6 is 0 Å². The standard InChI is InChI=1S/C22H26N2O5/c1-4-6-13-23-20(25)16-9-12-19(18(14-16)22(27)29-5-2)24-21(26)15-7-10-17(28-3)11-8-15/h7-12,14H,4-6,13H2,1-3H3,(H,23,25)(H,24,26). The Hall–Kier alpha value is -3.35. The van der Waals surface area contributed by atoms with Gasteiger partial charge in [-0.1, -0.05) is 13.3 Å². The minimum atomic E-state index is -0.610. The predicted molar refractivity (Wildman–Crippen MR) is 111 cm³/mol. The molecule has 0 aliphatic rings. The van der Waals surface area contributed by atoms with Crippen LogP contribution in [0.3, 0.4) is 0 Å². The maximum atomic E-state index is 12.6. The maximum Gasteiger partial charge on any atom is 0.340 e. The van der Waals surface area contributed by atoms with Crippen LogP contribution in [0.15, 0.2) is 42.5 Å². The van der Waals surface area contributed by atoms with Crippen LogP contribution in [0.1, 0.15) is 57.8 Å². The second-order valence-corrected chi connectivity index (χ2v) is 6.27. The first-order valence-electron chi connectivity index (χ1n) is 9.54. The number of amides is 2. The first-order chi connectivity index (χ1) is 14.0. The maximum absolute atomic E-state index is 12.6. The number of esters is 1. The molecule has 7 nitrogen and oxygen atoms in total. The fraction of sp³-hybridized carbons (Fsp3) is 0.318. The van der Waals surface area contributed by atoms with Gasteiger partial charge in [0.1, 0.15) is 5.75 Å². The van der Waals surface area contributed by atoms with E-state index in [0.29, 0.717) is 23.4 Å². The third kappa shape index (κ3) is 6.07. The van der Waals surface area contributed by atoms with E-state index < -0.39 is 11.9 Å². The van der Waals surface area contributed by atoms with Gasteiger partial charge in [0.25, 0.3) is 11.8 Å². The summed E-state index contributed by atoms with van der Waals surface area (Å²) in [5, 5.41) is 5.51. The van der Waals surface area contributed by atoms with Crippen LogP contribution in [-0.2, 0) is 4.74 Å². The van der Waals surface area contributed by atoms with Crippen molar-refractivity contribution in [1.82, 2.24) is 5.32 Å². The van der Waals surface area contributed by atoms with E-state index in [1.54, 1.807) is 44.4 Å². The van der Waals surface area contributed by atoms with E-state index in [0.717, 1.165) is 12.8 Å². The molecule has 7 heteroatoms. The average molecular weight is 398 g/mol. The molecule has 0 heterocycles. The molecule has 0 unspecified atom stereocenters. The molecule has 0 aliphatic heterocycles. The topological polar surface area (TPSA) is 93.7 Å². The van der Waals surface area contributed by atoms with E-state index in [4.69, 9.17) is 9.47 Å². The van der Waals surface area contributed by atoms with Crippen molar-refractivity contribution < 1.29 is 23.9 Å². The Morgan fingerprint density at radius 1 is 0.931 bits per heavy atom. The summed E-state index contributed by atoms with van der Waals surface area (Å²) in [5.41, 5.74) is 1.12. The Morgan fingerprint density at radius 2 is 1.62 bits per heavy atom. The lowest BCUT2D eigenvalue weighted by molar-refractivity contribution is 0.0527. The second kappa shape index (κ2) is 10.8. The number of nitrogens with one attached hydrogen (secondary N) is 2. The smallest absolute Gasteiger partial charge is 0.340 e. The number of benzene rings is 2. The lowest BCUT2D eigenvalue weighted by Crippen LogP contribution is -2.25. The number of anilines is 1. The van der Waals surface area contributed by atoms with Gasteiger partial charge in [-0.05, 0) is 55.8 Å². The molecule has 29 heavy (non-hydrogen) atoms. The minimum Gasteiger partial charge on any atom is -0.497 e. The summed E-state index contributed by atoms with van der Waals surface area (Å²) < 4.78 is 10.2. The van der Waals surface area contributed by atoms with Crippen LogP contribution in [0.4, 0.5) is 5.69 Å². The van der Waals surface area contributed by atoms with Crippen LogP contribution in [0, 0.1) is 0 Å². The van der Waals surface area contributed by atoms with Crippen molar-refractivity contribution in [2.45, 2.75) is 26.7 Å². The molecule has 2 N–H and O–H groups in total. The fourth-order valence-corrected chi connectivity index (χ4v) is 2.59. The second-order valence-electron chi connectivity index (χ2n) is 6.27. The first-order valence-corrected chi connectivity index (χ1v) is 9.54. The first kappa shape index (κ1) is 21.9. The molecule has 0 aromatic heterocycles. The van der Waals surface area contributed by atoms with Crippen molar-refractivity contribution in [3.63, 3.8) is 0 Å². The quantitative estimate of drug-likeness (QED) is 0.497. The van der Waals surface area contributed by atoms with Crippen molar-refractivity contribution in [3.05, 3.63) is 59.2 Å². The molecule has 0 spiro atoms. The normalized spacial score (nSPS) is 10.2. The monoisotopic (exact) mass is 398 g/mol. The van der Waals surface area contributed by atoms with Crippen molar-refractivity contribution in [2.24, 2.45) is 0 Å². The summed E-state index contributed by atoms with van der Waals surface area (Å²) in [6.07, 6.45) is 1.83. The van der Waals surface area contributed by atoms with E-state index >= 15 is 0 Å². The number of unbranched alkanes of at least 4 members (excludes halogenated alkanes) is 1. The molecule has 154 valence electrons. The molecule has 0 atom stereocenters. The van der Waals surface area contributed by atoms with Gasteiger partial charge in [-0.25, -0.2) is 4.79 Å². The van der Waals surface area contributed by atoms with Gasteiger partial charge in [-0.3, -0.25) is 9.59 Å². The molecular formula is C22H26N2O5. The van der Waals surface area contributed by atoms with Crippen LogP contribution in [0.2, 0.25) is 0 Å². The molecule has 2 aromatic rings. The van der Waals surface area contributed by atoms with Gasteiger partial charge in [-0.2, -0.15) is 0 Å². The molecule has 2 aromatic carbocycles. The molecule has 0 saturated heterocycles. The molecular weight excluding hydrogens is 372 g/mol. The van der Waals surface area contributed by atoms with Crippen LogP contribution in [0.5, 0.6) is 5.75 Å². The van der Waals surface area contributed by atoms with Gasteiger partial charge < -0.3 is 20.1 Å². The summed E-state index contributed by atoms with van der Waals surface area (Å²) in [5.74, 6) is -0.650. The Balaban J connectivity index is 2.25. The number of methoxy groups -OCH3 is 1. The zero-order chi connectivity index (χ0) is 21.2. The highest BCUT2D eigenvalue weighted by atomic mass is 16.5. The molecule has 0 fully saturated rings. The van der Waals surface area contributed by atoms with Gasteiger partial charge in [0.05, 0.1) is 25.0 Å². The Morgan fingerprint density at radius 3 is 2.24 bits per heavy atom. The van der Waals surface area contributed by atoms with Crippen LogP contribution in [0.25, 0.3) is 0 Å².